The molecule has 148 valence electrons. The van der Waals surface area contributed by atoms with Gasteiger partial charge in [-0.2, -0.15) is 0 Å². The van der Waals surface area contributed by atoms with Crippen molar-refractivity contribution in [1.29, 1.82) is 0 Å². The summed E-state index contributed by atoms with van der Waals surface area (Å²) in [6, 6.07) is 0. The minimum absolute atomic E-state index is 0.0184. The van der Waals surface area contributed by atoms with Gasteiger partial charge in [-0.15, -0.1) is 0 Å². The van der Waals surface area contributed by atoms with Gasteiger partial charge < -0.3 is 9.47 Å². The van der Waals surface area contributed by atoms with E-state index in [9.17, 15) is 4.79 Å². The second kappa shape index (κ2) is 7.20. The van der Waals surface area contributed by atoms with Gasteiger partial charge in [-0.3, -0.25) is 4.79 Å². The SMILES string of the molecule is CC[C@@]1(C)C(CC(C)CCC2=COCCC2(C)C)CC[C@@]12CCC(=O)O2. The predicted octanol–water partition coefficient (Wildman–Crippen LogP) is 6.03. The summed E-state index contributed by atoms with van der Waals surface area (Å²) in [5, 5.41) is 0. The van der Waals surface area contributed by atoms with Gasteiger partial charge in [-0.05, 0) is 74.2 Å². The number of rotatable bonds is 6. The fourth-order valence-corrected chi connectivity index (χ4v) is 5.77. The first-order valence-electron chi connectivity index (χ1n) is 10.8. The van der Waals surface area contributed by atoms with Crippen LogP contribution in [0.15, 0.2) is 11.8 Å². The molecule has 1 spiro atoms. The van der Waals surface area contributed by atoms with E-state index in [4.69, 9.17) is 9.47 Å². The van der Waals surface area contributed by atoms with Gasteiger partial charge in [0.2, 0.25) is 0 Å². The topological polar surface area (TPSA) is 35.5 Å². The van der Waals surface area contributed by atoms with Crippen LogP contribution in [0.2, 0.25) is 0 Å². The number of carbonyl (C=O) groups excluding carboxylic acids is 1. The zero-order chi connectivity index (χ0) is 19.0. The molecule has 26 heavy (non-hydrogen) atoms. The molecule has 3 aliphatic rings. The Morgan fingerprint density at radius 3 is 2.62 bits per heavy atom. The molecule has 3 rings (SSSR count). The van der Waals surface area contributed by atoms with E-state index < -0.39 is 0 Å². The fraction of sp³-hybridized carbons (Fsp3) is 0.870. The Morgan fingerprint density at radius 2 is 2.00 bits per heavy atom. The number of ether oxygens (including phenoxy) is 2. The van der Waals surface area contributed by atoms with E-state index in [0.717, 1.165) is 38.7 Å². The molecule has 2 fully saturated rings. The lowest BCUT2D eigenvalue weighted by molar-refractivity contribution is -0.159. The molecule has 2 unspecified atom stereocenters. The second-order valence-corrected chi connectivity index (χ2v) is 10.0. The van der Waals surface area contributed by atoms with Gasteiger partial charge in [0.15, 0.2) is 0 Å². The van der Waals surface area contributed by atoms with Crippen LogP contribution in [0.3, 0.4) is 0 Å². The Bertz CT molecular complexity index is 564. The van der Waals surface area contributed by atoms with Crippen molar-refractivity contribution in [3.8, 4) is 0 Å². The summed E-state index contributed by atoms with van der Waals surface area (Å²) >= 11 is 0. The molecule has 3 heteroatoms. The Labute approximate surface area is 159 Å². The average molecular weight is 363 g/mol. The molecule has 0 aromatic carbocycles. The molecule has 1 aliphatic carbocycles. The standard InChI is InChI=1S/C23H38O3/c1-6-22(5)18(9-11-23(22)12-10-20(24)26-23)15-17(2)7-8-19-16-25-14-13-21(19,3)4/h16-18H,6-15H2,1-5H3/t17?,18?,22-,23+/m0/s1. The maximum Gasteiger partial charge on any atom is 0.306 e. The van der Waals surface area contributed by atoms with Gasteiger partial charge in [-0.1, -0.05) is 34.6 Å². The van der Waals surface area contributed by atoms with Crippen LogP contribution in [0.5, 0.6) is 0 Å². The number of hydrogen-bond acceptors (Lipinski definition) is 3. The monoisotopic (exact) mass is 362 g/mol. The maximum atomic E-state index is 11.8. The largest absolute Gasteiger partial charge is 0.501 e. The third-order valence-corrected chi connectivity index (χ3v) is 8.15. The molecule has 0 bridgehead atoms. The Hall–Kier alpha value is -0.990. The number of allylic oxidation sites excluding steroid dienone is 1. The van der Waals surface area contributed by atoms with Crippen molar-refractivity contribution in [3.63, 3.8) is 0 Å². The summed E-state index contributed by atoms with van der Waals surface area (Å²) < 4.78 is 11.5. The van der Waals surface area contributed by atoms with Gasteiger partial charge in [0.1, 0.15) is 5.60 Å². The van der Waals surface area contributed by atoms with E-state index in [1.807, 2.05) is 6.26 Å². The first kappa shape index (κ1) is 19.8. The van der Waals surface area contributed by atoms with Crippen LogP contribution in [0.1, 0.15) is 92.4 Å². The van der Waals surface area contributed by atoms with Crippen LogP contribution in [0.25, 0.3) is 0 Å². The van der Waals surface area contributed by atoms with E-state index in [-0.39, 0.29) is 22.4 Å². The predicted molar refractivity (Wildman–Crippen MR) is 105 cm³/mol. The van der Waals surface area contributed by atoms with Crippen molar-refractivity contribution in [2.75, 3.05) is 6.61 Å². The molecule has 0 aromatic rings. The lowest BCUT2D eigenvalue weighted by Gasteiger charge is -2.43. The zero-order valence-electron chi connectivity index (χ0n) is 17.5. The molecular formula is C23H38O3. The van der Waals surface area contributed by atoms with Crippen molar-refractivity contribution in [2.45, 2.75) is 98.0 Å². The summed E-state index contributed by atoms with van der Waals surface area (Å²) in [5.41, 5.74) is 1.72. The van der Waals surface area contributed by atoms with Crippen molar-refractivity contribution >= 4 is 5.97 Å². The fourth-order valence-electron chi connectivity index (χ4n) is 5.77. The van der Waals surface area contributed by atoms with Gasteiger partial charge in [0.25, 0.3) is 0 Å². The van der Waals surface area contributed by atoms with E-state index in [2.05, 4.69) is 34.6 Å². The first-order valence-corrected chi connectivity index (χ1v) is 10.8. The van der Waals surface area contributed by atoms with Gasteiger partial charge in [-0.25, -0.2) is 0 Å². The van der Waals surface area contributed by atoms with E-state index in [0.29, 0.717) is 18.3 Å². The lowest BCUT2D eigenvalue weighted by Crippen LogP contribution is -2.44. The Morgan fingerprint density at radius 1 is 1.23 bits per heavy atom. The smallest absolute Gasteiger partial charge is 0.306 e. The van der Waals surface area contributed by atoms with Crippen molar-refractivity contribution < 1.29 is 14.3 Å². The third-order valence-electron chi connectivity index (χ3n) is 8.15. The second-order valence-electron chi connectivity index (χ2n) is 10.0. The summed E-state index contributed by atoms with van der Waals surface area (Å²) in [6.07, 6.45) is 11.7. The molecule has 3 nitrogen and oxygen atoms in total. The molecule has 2 heterocycles. The van der Waals surface area contributed by atoms with Crippen molar-refractivity contribution in [1.82, 2.24) is 0 Å². The number of esters is 1. The molecule has 1 saturated carbocycles. The summed E-state index contributed by atoms with van der Waals surface area (Å²) in [7, 11) is 0. The van der Waals surface area contributed by atoms with Crippen molar-refractivity contribution in [3.05, 3.63) is 11.8 Å². The molecule has 4 atom stereocenters. The summed E-state index contributed by atoms with van der Waals surface area (Å²) in [4.78, 5) is 11.8. The van der Waals surface area contributed by atoms with Crippen LogP contribution < -0.4 is 0 Å². The van der Waals surface area contributed by atoms with Crippen LogP contribution in [-0.4, -0.2) is 18.2 Å². The van der Waals surface area contributed by atoms with E-state index in [1.165, 1.54) is 24.8 Å². The summed E-state index contributed by atoms with van der Waals surface area (Å²) in [5.74, 6) is 1.37. The highest BCUT2D eigenvalue weighted by atomic mass is 16.6. The molecule has 1 saturated heterocycles. The van der Waals surface area contributed by atoms with Crippen LogP contribution >= 0.6 is 0 Å². The highest BCUT2D eigenvalue weighted by Gasteiger charge is 2.60. The highest BCUT2D eigenvalue weighted by molar-refractivity contribution is 5.72. The van der Waals surface area contributed by atoms with E-state index >= 15 is 0 Å². The minimum Gasteiger partial charge on any atom is -0.501 e. The molecular weight excluding hydrogens is 324 g/mol. The number of carbonyl (C=O) groups is 1. The molecule has 0 radical (unpaired) electrons. The molecule has 2 aliphatic heterocycles. The average Bonchev–Trinajstić information content (AvgIpc) is 3.10. The van der Waals surface area contributed by atoms with Gasteiger partial charge in [0.05, 0.1) is 12.9 Å². The summed E-state index contributed by atoms with van der Waals surface area (Å²) in [6.45, 7) is 12.6. The maximum absolute atomic E-state index is 11.8. The highest BCUT2D eigenvalue weighted by Crippen LogP contribution is 2.60. The van der Waals surface area contributed by atoms with Crippen molar-refractivity contribution in [2.24, 2.45) is 22.7 Å². The van der Waals surface area contributed by atoms with Crippen LogP contribution in [-0.2, 0) is 14.3 Å². The third kappa shape index (κ3) is 3.43. The quantitative estimate of drug-likeness (QED) is 0.542. The normalized spacial score (nSPS) is 37.3. The molecule has 0 N–H and O–H groups in total. The Kier molecular flexibility index (Phi) is 5.48. The van der Waals surface area contributed by atoms with Crippen LogP contribution in [0.4, 0.5) is 0 Å². The Balaban J connectivity index is 1.60. The minimum atomic E-state index is -0.176. The zero-order valence-corrected chi connectivity index (χ0v) is 17.5. The van der Waals surface area contributed by atoms with E-state index in [1.54, 1.807) is 0 Å². The van der Waals surface area contributed by atoms with Gasteiger partial charge >= 0.3 is 5.97 Å². The van der Waals surface area contributed by atoms with Gasteiger partial charge in [0, 0.05) is 11.8 Å². The van der Waals surface area contributed by atoms with Crippen LogP contribution in [0, 0.1) is 22.7 Å². The molecule has 0 amide bonds. The number of hydrogen-bond donors (Lipinski definition) is 0. The lowest BCUT2D eigenvalue weighted by atomic mass is 9.65. The molecule has 0 aromatic heterocycles. The first-order chi connectivity index (χ1) is 12.2.